The molecule has 14 heavy (non-hydrogen) atoms. The van der Waals surface area contributed by atoms with E-state index in [1.165, 1.54) is 0 Å². The monoisotopic (exact) mass is 281 g/mol. The molecule has 8 nitrogen and oxygen atoms in total. The van der Waals surface area contributed by atoms with Crippen LogP contribution in [0.15, 0.2) is 0 Å². The Hall–Kier alpha value is 0.229. The first-order valence-corrected chi connectivity index (χ1v) is 4.73. The third kappa shape index (κ3) is 310. The van der Waals surface area contributed by atoms with Gasteiger partial charge in [-0.1, -0.05) is 0 Å². The zero-order chi connectivity index (χ0) is 11.3. The third-order valence-electron chi connectivity index (χ3n) is 0.333. The van der Waals surface area contributed by atoms with Crippen LogP contribution in [0.3, 0.4) is 0 Å². The van der Waals surface area contributed by atoms with Crippen LogP contribution in [0, 0.1) is 0 Å². The molecule has 95 valence electrons. The van der Waals surface area contributed by atoms with Gasteiger partial charge in [-0.2, -0.15) is 8.42 Å². The van der Waals surface area contributed by atoms with Gasteiger partial charge in [0.1, 0.15) is 0 Å². The van der Waals surface area contributed by atoms with E-state index in [1.807, 2.05) is 0 Å². The number of nitrogens with two attached hydrogens (primary N) is 4. The number of hydrogen-bond acceptors (Lipinski definition) is 6. The minimum absolute atomic E-state index is 0. The normalized spacial score (nSPS) is 8.43. The molecule has 0 saturated heterocycles. The molecule has 0 unspecified atom stereocenters. The van der Waals surface area contributed by atoms with Gasteiger partial charge in [0.2, 0.25) is 0 Å². The molecule has 0 aromatic rings. The fraction of sp³-hybridized carbons (Fsp3) is 1.00. The van der Waals surface area contributed by atoms with E-state index in [4.69, 9.17) is 40.5 Å². The van der Waals surface area contributed by atoms with Gasteiger partial charge in [-0.3, -0.25) is 9.11 Å². The van der Waals surface area contributed by atoms with E-state index in [1.54, 1.807) is 0 Å². The van der Waals surface area contributed by atoms with Crippen LogP contribution in [0.4, 0.5) is 0 Å². The molecule has 0 aromatic carbocycles. The Labute approximate surface area is 94.4 Å². The number of rotatable bonds is 2. The summed E-state index contributed by atoms with van der Waals surface area (Å²) in [5, 5.41) is 0. The molecule has 0 amide bonds. The summed E-state index contributed by atoms with van der Waals surface area (Å²) in [6, 6.07) is 0. The van der Waals surface area contributed by atoms with Crippen molar-refractivity contribution in [2.45, 2.75) is 0 Å². The summed E-state index contributed by atoms with van der Waals surface area (Å²) in [4.78, 5) is 0. The van der Waals surface area contributed by atoms with Crippen LogP contribution in [-0.4, -0.2) is 43.7 Å². The van der Waals surface area contributed by atoms with Crippen molar-refractivity contribution in [1.29, 1.82) is 0 Å². The van der Waals surface area contributed by atoms with Gasteiger partial charge in [-0.15, -0.1) is 0 Å². The van der Waals surface area contributed by atoms with Gasteiger partial charge in [-0.05, 0) is 0 Å². The molecular weight excluding hydrogens is 264 g/mol. The largest absolute Gasteiger partial charge is 0.394 e. The van der Waals surface area contributed by atoms with E-state index in [2.05, 4.69) is 0 Å². The Morgan fingerprint density at radius 3 is 0.857 bits per heavy atom. The first-order valence-electron chi connectivity index (χ1n) is 3.33. The summed E-state index contributed by atoms with van der Waals surface area (Å²) in [6.45, 7) is 2.39. The maximum Gasteiger partial charge on any atom is 0.394 e. The van der Waals surface area contributed by atoms with Gasteiger partial charge in [0.15, 0.2) is 0 Å². The Morgan fingerprint density at radius 2 is 0.857 bits per heavy atom. The standard InChI is InChI=1S/2C2H8N2.Cu.H2O4S/c2*3-1-2-4;;1-5(2,3)4/h2*1-4H2;;(H2,1,2,3,4). The maximum absolute atomic E-state index is 8.74. The van der Waals surface area contributed by atoms with Crippen molar-refractivity contribution in [3.8, 4) is 0 Å². The summed E-state index contributed by atoms with van der Waals surface area (Å²) in [7, 11) is -4.67. The van der Waals surface area contributed by atoms with Gasteiger partial charge >= 0.3 is 10.4 Å². The second-order valence-corrected chi connectivity index (χ2v) is 2.50. The van der Waals surface area contributed by atoms with Crippen molar-refractivity contribution >= 4 is 10.4 Å². The van der Waals surface area contributed by atoms with Crippen LogP contribution in [0.2, 0.25) is 0 Å². The Bertz CT molecular complexity index is 149. The van der Waals surface area contributed by atoms with E-state index >= 15 is 0 Å². The molecule has 0 rings (SSSR count). The third-order valence-corrected chi connectivity index (χ3v) is 0.333. The van der Waals surface area contributed by atoms with Crippen LogP contribution < -0.4 is 22.9 Å². The zero-order valence-corrected chi connectivity index (χ0v) is 9.32. The molecule has 0 heterocycles. The van der Waals surface area contributed by atoms with Crippen molar-refractivity contribution < 1.29 is 34.6 Å². The minimum atomic E-state index is -4.67. The zero-order valence-electron chi connectivity index (χ0n) is 7.56. The SMILES string of the molecule is NCCN.NCCN.O=S(=O)(O)O.[Cu]. The van der Waals surface area contributed by atoms with Gasteiger partial charge in [0, 0.05) is 43.2 Å². The summed E-state index contributed by atoms with van der Waals surface area (Å²) >= 11 is 0. The van der Waals surface area contributed by atoms with Crippen molar-refractivity contribution in [3.05, 3.63) is 0 Å². The van der Waals surface area contributed by atoms with Crippen LogP contribution in [-0.2, 0) is 27.5 Å². The van der Waals surface area contributed by atoms with Gasteiger partial charge in [0.05, 0.1) is 0 Å². The molecule has 0 fully saturated rings. The predicted octanol–water partition coefficient (Wildman–Crippen LogP) is -2.85. The average Bonchev–Trinajstić information content (AvgIpc) is 2.01. The van der Waals surface area contributed by atoms with Crippen LogP contribution in [0.25, 0.3) is 0 Å². The Kier molecular flexibility index (Phi) is 32.1. The molecule has 10 heteroatoms. The Balaban J connectivity index is -0.0000000522. The summed E-state index contributed by atoms with van der Waals surface area (Å²) in [5.41, 5.74) is 19.6. The van der Waals surface area contributed by atoms with Crippen molar-refractivity contribution in [2.24, 2.45) is 22.9 Å². The molecule has 0 aromatic heterocycles. The summed E-state index contributed by atoms with van der Waals surface area (Å²) < 4.78 is 31.6. The van der Waals surface area contributed by atoms with E-state index < -0.39 is 10.4 Å². The maximum atomic E-state index is 8.74. The van der Waals surface area contributed by atoms with Crippen LogP contribution >= 0.6 is 0 Å². The smallest absolute Gasteiger partial charge is 0.329 e. The number of hydrogen-bond donors (Lipinski definition) is 6. The molecule has 0 aliphatic carbocycles. The van der Waals surface area contributed by atoms with Gasteiger partial charge < -0.3 is 22.9 Å². The van der Waals surface area contributed by atoms with E-state index in [9.17, 15) is 0 Å². The average molecular weight is 282 g/mol. The molecule has 0 bridgehead atoms. The second-order valence-electron chi connectivity index (χ2n) is 1.60. The van der Waals surface area contributed by atoms with Gasteiger partial charge in [0.25, 0.3) is 0 Å². The molecule has 0 atom stereocenters. The Morgan fingerprint density at radius 1 is 0.786 bits per heavy atom. The fourth-order valence-corrected chi connectivity index (χ4v) is 0. The van der Waals surface area contributed by atoms with Gasteiger partial charge in [-0.25, -0.2) is 0 Å². The topological polar surface area (TPSA) is 179 Å². The van der Waals surface area contributed by atoms with Crippen molar-refractivity contribution in [1.82, 2.24) is 0 Å². The molecule has 0 spiro atoms. The quantitative estimate of drug-likeness (QED) is 0.231. The molecule has 0 saturated carbocycles. The van der Waals surface area contributed by atoms with E-state index in [-0.39, 0.29) is 17.1 Å². The fourth-order valence-electron chi connectivity index (χ4n) is 0. The second kappa shape index (κ2) is 18.9. The first-order chi connectivity index (χ1) is 5.83. The van der Waals surface area contributed by atoms with E-state index in [0.717, 1.165) is 0 Å². The van der Waals surface area contributed by atoms with Crippen LogP contribution in [0.5, 0.6) is 0 Å². The predicted molar refractivity (Wildman–Crippen MR) is 50.4 cm³/mol. The molecular formula is C4H18CuN4O4S. The molecule has 1 radical (unpaired) electrons. The molecule has 10 N–H and O–H groups in total. The van der Waals surface area contributed by atoms with E-state index in [0.29, 0.717) is 26.2 Å². The van der Waals surface area contributed by atoms with Crippen molar-refractivity contribution in [3.63, 3.8) is 0 Å². The minimum Gasteiger partial charge on any atom is -0.329 e. The summed E-state index contributed by atoms with van der Waals surface area (Å²) in [5.74, 6) is 0. The first kappa shape index (κ1) is 23.8. The van der Waals surface area contributed by atoms with Crippen molar-refractivity contribution in [2.75, 3.05) is 26.2 Å². The summed E-state index contributed by atoms with van der Waals surface area (Å²) in [6.07, 6.45) is 0. The molecule has 0 aliphatic rings. The van der Waals surface area contributed by atoms with Crippen LogP contribution in [0.1, 0.15) is 0 Å². The molecule has 0 aliphatic heterocycles.